The number of nitrogens with zero attached hydrogens (tertiary/aromatic N) is 2. The minimum atomic E-state index is -4.43. The quantitative estimate of drug-likeness (QED) is 0.392. The number of hydrogen-bond acceptors (Lipinski definition) is 5. The number of hydrogen-bond donors (Lipinski definition) is 0. The van der Waals surface area contributed by atoms with Gasteiger partial charge in [0.2, 0.25) is 0 Å². The molecule has 5 nitrogen and oxygen atoms in total. The van der Waals surface area contributed by atoms with E-state index in [2.05, 4.69) is 5.10 Å². The summed E-state index contributed by atoms with van der Waals surface area (Å²) in [6, 6.07) is 5.20. The van der Waals surface area contributed by atoms with Crippen LogP contribution in [0.25, 0.3) is 10.1 Å². The summed E-state index contributed by atoms with van der Waals surface area (Å²) in [4.78, 5) is 25.0. The van der Waals surface area contributed by atoms with Gasteiger partial charge in [0.15, 0.2) is 0 Å². The molecule has 0 bridgehead atoms. The predicted octanol–water partition coefficient (Wildman–Crippen LogP) is 5.31. The number of aryl methyl sites for hydroxylation is 1. The van der Waals surface area contributed by atoms with Gasteiger partial charge in [-0.15, -0.1) is 11.3 Å². The molecule has 3 aromatic rings. The summed E-state index contributed by atoms with van der Waals surface area (Å²) in [7, 11) is 1.60. The van der Waals surface area contributed by atoms with E-state index in [9.17, 15) is 22.8 Å². The topological polar surface area (TPSA) is 61.2 Å². The number of benzene rings is 1. The Morgan fingerprint density at radius 2 is 2.06 bits per heavy atom. The Kier molecular flexibility index (Phi) is 6.61. The molecule has 0 amide bonds. The molecule has 1 saturated carbocycles. The van der Waals surface area contributed by atoms with Crippen LogP contribution < -0.4 is 10.3 Å². The molecule has 2 aromatic heterocycles. The summed E-state index contributed by atoms with van der Waals surface area (Å²) >= 11 is 1.37. The highest BCUT2D eigenvalue weighted by Gasteiger charge is 2.31. The Morgan fingerprint density at radius 3 is 2.73 bits per heavy atom. The maximum atomic E-state index is 13.2. The Morgan fingerprint density at radius 1 is 1.30 bits per heavy atom. The molecule has 4 rings (SSSR count). The first-order chi connectivity index (χ1) is 15.6. The first-order valence-electron chi connectivity index (χ1n) is 10.9. The molecule has 0 atom stereocenters. The Labute approximate surface area is 193 Å². The number of rotatable bonds is 9. The number of aromatic nitrogens is 2. The van der Waals surface area contributed by atoms with Crippen LogP contribution in [0.1, 0.15) is 54.3 Å². The van der Waals surface area contributed by atoms with E-state index in [0.717, 1.165) is 41.8 Å². The molecule has 0 N–H and O–H groups in total. The second-order valence-electron chi connectivity index (χ2n) is 8.61. The molecule has 0 spiro atoms. The van der Waals surface area contributed by atoms with Crippen molar-refractivity contribution >= 4 is 27.2 Å². The third-order valence-electron chi connectivity index (χ3n) is 5.69. The van der Waals surface area contributed by atoms with Crippen molar-refractivity contribution in [3.05, 3.63) is 56.3 Å². The molecular weight excluding hydrogens is 453 g/mol. The van der Waals surface area contributed by atoms with Crippen LogP contribution in [0.5, 0.6) is 5.75 Å². The van der Waals surface area contributed by atoms with E-state index in [-0.39, 0.29) is 24.4 Å². The fourth-order valence-corrected chi connectivity index (χ4v) is 5.09. The molecule has 2 heterocycles. The summed E-state index contributed by atoms with van der Waals surface area (Å²) in [5.74, 6) is 0.993. The smallest absolute Gasteiger partial charge is 0.416 e. The summed E-state index contributed by atoms with van der Waals surface area (Å²) in [5, 5.41) is 4.90. The zero-order chi connectivity index (χ0) is 23.8. The molecule has 1 fully saturated rings. The fourth-order valence-electron chi connectivity index (χ4n) is 3.83. The average molecular weight is 479 g/mol. The number of fused-ring (bicyclic) bond motifs is 1. The summed E-state index contributed by atoms with van der Waals surface area (Å²) in [6.45, 7) is 1.75. The summed E-state index contributed by atoms with van der Waals surface area (Å²) in [5.41, 5.74) is 0.302. The number of Topliss-reactive ketones (excluding diaryl/α,β-unsaturated/α-hetero) is 1. The van der Waals surface area contributed by atoms with Crippen molar-refractivity contribution in [1.82, 2.24) is 9.78 Å². The first-order valence-corrected chi connectivity index (χ1v) is 11.7. The standard InChI is InChI=1S/C24H25F3N2O3S/c1-14(30)5-4-10-32-21-19(13-16-6-3-7-17(11-16)24(25,26)27)33-22-18(12-15-8-9-15)28-29(2)23(31)20(21)22/h3,6-7,11,15H,4-5,8-10,12-13H2,1-2H3. The molecule has 0 radical (unpaired) electrons. The van der Waals surface area contributed by atoms with Crippen molar-refractivity contribution in [2.24, 2.45) is 13.0 Å². The van der Waals surface area contributed by atoms with Gasteiger partial charge in [0, 0.05) is 19.9 Å². The van der Waals surface area contributed by atoms with Crippen LogP contribution in [0.2, 0.25) is 0 Å². The van der Waals surface area contributed by atoms with E-state index in [1.54, 1.807) is 13.1 Å². The summed E-state index contributed by atoms with van der Waals surface area (Å²) < 4.78 is 47.7. The molecule has 33 heavy (non-hydrogen) atoms. The van der Waals surface area contributed by atoms with Crippen LogP contribution in [-0.4, -0.2) is 22.2 Å². The highest BCUT2D eigenvalue weighted by Crippen LogP contribution is 2.41. The Balaban J connectivity index is 1.76. The van der Waals surface area contributed by atoms with Gasteiger partial charge in [-0.2, -0.15) is 18.3 Å². The lowest BCUT2D eigenvalue weighted by Gasteiger charge is -2.10. The highest BCUT2D eigenvalue weighted by atomic mass is 32.1. The number of ketones is 1. The second-order valence-corrected chi connectivity index (χ2v) is 9.72. The number of alkyl halides is 3. The van der Waals surface area contributed by atoms with Crippen LogP contribution in [0.4, 0.5) is 13.2 Å². The molecule has 0 aliphatic heterocycles. The third kappa shape index (κ3) is 5.46. The molecule has 176 valence electrons. The van der Waals surface area contributed by atoms with Crippen LogP contribution in [0, 0.1) is 5.92 Å². The normalized spacial score (nSPS) is 14.1. The van der Waals surface area contributed by atoms with Crippen LogP contribution in [0.3, 0.4) is 0 Å². The van der Waals surface area contributed by atoms with Crippen molar-refractivity contribution in [3.63, 3.8) is 0 Å². The van der Waals surface area contributed by atoms with Crippen LogP contribution in [0.15, 0.2) is 29.1 Å². The van der Waals surface area contributed by atoms with Gasteiger partial charge in [0.05, 0.1) is 27.4 Å². The number of carbonyl (C=O) groups excluding carboxylic acids is 1. The maximum absolute atomic E-state index is 13.2. The monoisotopic (exact) mass is 478 g/mol. The highest BCUT2D eigenvalue weighted by molar-refractivity contribution is 7.19. The van der Waals surface area contributed by atoms with Gasteiger partial charge < -0.3 is 9.53 Å². The largest absolute Gasteiger partial charge is 0.492 e. The lowest BCUT2D eigenvalue weighted by atomic mass is 10.1. The number of thiophene rings is 1. The second kappa shape index (κ2) is 9.29. The SMILES string of the molecule is CC(=O)CCCOc1c(Cc2cccc(C(F)(F)F)c2)sc2c(CC3CC3)nn(C)c(=O)c12. The van der Waals surface area contributed by atoms with Crippen molar-refractivity contribution in [1.29, 1.82) is 0 Å². The number of ether oxygens (including phenoxy) is 1. The number of carbonyl (C=O) groups is 1. The Hall–Kier alpha value is -2.68. The average Bonchev–Trinajstić information content (AvgIpc) is 3.49. The van der Waals surface area contributed by atoms with Gasteiger partial charge in [0.25, 0.3) is 5.56 Å². The van der Waals surface area contributed by atoms with Gasteiger partial charge in [-0.25, -0.2) is 4.68 Å². The van der Waals surface area contributed by atoms with E-state index in [4.69, 9.17) is 4.74 Å². The predicted molar refractivity (Wildman–Crippen MR) is 121 cm³/mol. The van der Waals surface area contributed by atoms with Crippen LogP contribution in [-0.2, 0) is 30.9 Å². The zero-order valence-corrected chi connectivity index (χ0v) is 19.3. The van der Waals surface area contributed by atoms with Crippen molar-refractivity contribution in [2.45, 2.75) is 51.6 Å². The van der Waals surface area contributed by atoms with Gasteiger partial charge >= 0.3 is 6.18 Å². The molecule has 1 aliphatic carbocycles. The molecule has 9 heteroatoms. The van der Waals surface area contributed by atoms with Crippen molar-refractivity contribution < 1.29 is 22.7 Å². The van der Waals surface area contributed by atoms with Gasteiger partial charge in [0.1, 0.15) is 16.9 Å². The van der Waals surface area contributed by atoms with Gasteiger partial charge in [-0.05, 0) is 50.2 Å². The minimum Gasteiger partial charge on any atom is -0.492 e. The van der Waals surface area contributed by atoms with E-state index in [1.807, 2.05) is 0 Å². The maximum Gasteiger partial charge on any atom is 0.416 e. The van der Waals surface area contributed by atoms with E-state index >= 15 is 0 Å². The fraction of sp³-hybridized carbons (Fsp3) is 0.458. The molecule has 1 aliphatic rings. The lowest BCUT2D eigenvalue weighted by molar-refractivity contribution is -0.137. The minimum absolute atomic E-state index is 0.0461. The van der Waals surface area contributed by atoms with E-state index in [1.165, 1.54) is 29.0 Å². The van der Waals surface area contributed by atoms with Crippen molar-refractivity contribution in [2.75, 3.05) is 6.61 Å². The van der Waals surface area contributed by atoms with E-state index in [0.29, 0.717) is 40.3 Å². The Bertz CT molecular complexity index is 1240. The van der Waals surface area contributed by atoms with Gasteiger partial charge in [-0.1, -0.05) is 18.2 Å². The van der Waals surface area contributed by atoms with E-state index < -0.39 is 11.7 Å². The van der Waals surface area contributed by atoms with Crippen molar-refractivity contribution in [3.8, 4) is 5.75 Å². The zero-order valence-electron chi connectivity index (χ0n) is 18.5. The lowest BCUT2D eigenvalue weighted by Crippen LogP contribution is -2.21. The molecule has 1 aromatic carbocycles. The third-order valence-corrected chi connectivity index (χ3v) is 6.91. The molecular formula is C24H25F3N2O3S. The number of halogens is 3. The summed E-state index contributed by atoms with van der Waals surface area (Å²) in [6.07, 6.45) is -0.353. The molecule has 0 saturated heterocycles. The van der Waals surface area contributed by atoms with Crippen LogP contribution >= 0.6 is 11.3 Å². The first kappa shape index (κ1) is 23.5. The van der Waals surface area contributed by atoms with Gasteiger partial charge in [-0.3, -0.25) is 4.79 Å². The molecule has 0 unspecified atom stereocenters.